The van der Waals surface area contributed by atoms with Crippen molar-refractivity contribution in [3.8, 4) is 11.8 Å². The second kappa shape index (κ2) is 10.6. The smallest absolute Gasteiger partial charge is 0.193 e. The maximum Gasteiger partial charge on any atom is 0.193 e. The van der Waals surface area contributed by atoms with Gasteiger partial charge in [-0.1, -0.05) is 24.3 Å². The van der Waals surface area contributed by atoms with Crippen LogP contribution in [0.15, 0.2) is 65.9 Å². The van der Waals surface area contributed by atoms with E-state index in [0.717, 1.165) is 11.3 Å². The van der Waals surface area contributed by atoms with Gasteiger partial charge in [0.15, 0.2) is 5.96 Å². The summed E-state index contributed by atoms with van der Waals surface area (Å²) < 4.78 is 15.9. The van der Waals surface area contributed by atoms with Crippen LogP contribution in [-0.4, -0.2) is 34.7 Å². The fourth-order valence-corrected chi connectivity index (χ4v) is 2.83. The predicted molar refractivity (Wildman–Crippen MR) is 122 cm³/mol. The Balaban J connectivity index is 0.00000300. The van der Waals surface area contributed by atoms with Gasteiger partial charge in [0.2, 0.25) is 0 Å². The summed E-state index contributed by atoms with van der Waals surface area (Å²) in [5.74, 6) is 0.227. The first kappa shape index (κ1) is 22.4. The molecular formula is C21H22FIN6. The average Bonchev–Trinajstić information content (AvgIpc) is 3.18. The molecule has 0 saturated carbocycles. The fourth-order valence-electron chi connectivity index (χ4n) is 2.83. The predicted octanol–water partition coefficient (Wildman–Crippen LogP) is 3.71. The zero-order chi connectivity index (χ0) is 19.9. The summed E-state index contributed by atoms with van der Waals surface area (Å²) in [4.78, 5) is 6.20. The third kappa shape index (κ3) is 5.77. The first-order valence-electron chi connectivity index (χ1n) is 8.80. The van der Waals surface area contributed by atoms with Gasteiger partial charge >= 0.3 is 0 Å². The van der Waals surface area contributed by atoms with Crippen molar-refractivity contribution in [3.05, 3.63) is 83.4 Å². The molecule has 3 rings (SSSR count). The summed E-state index contributed by atoms with van der Waals surface area (Å²) in [6.45, 7) is 0.875. The molecule has 0 bridgehead atoms. The Morgan fingerprint density at radius 2 is 2.03 bits per heavy atom. The van der Waals surface area contributed by atoms with Crippen molar-refractivity contribution < 1.29 is 4.39 Å². The van der Waals surface area contributed by atoms with Gasteiger partial charge in [0, 0.05) is 44.5 Å². The third-order valence-corrected chi connectivity index (χ3v) is 4.27. The topological polar surface area (TPSA) is 69.2 Å². The van der Waals surface area contributed by atoms with Gasteiger partial charge < -0.3 is 10.2 Å². The van der Waals surface area contributed by atoms with Crippen LogP contribution in [0, 0.1) is 17.1 Å². The maximum absolute atomic E-state index is 14.0. The SMILES string of the molecule is CN=C(NCc1ccc(C#N)cc1F)N(C)Cc1cnn(-c2ccccc2)c1.I. The van der Waals surface area contributed by atoms with E-state index in [-0.39, 0.29) is 30.5 Å². The van der Waals surface area contributed by atoms with E-state index in [4.69, 9.17) is 5.26 Å². The lowest BCUT2D eigenvalue weighted by Crippen LogP contribution is -2.38. The van der Waals surface area contributed by atoms with Crippen molar-refractivity contribution in [1.29, 1.82) is 5.26 Å². The zero-order valence-electron chi connectivity index (χ0n) is 16.2. The lowest BCUT2D eigenvalue weighted by atomic mass is 10.1. The van der Waals surface area contributed by atoms with Crippen molar-refractivity contribution in [2.45, 2.75) is 13.1 Å². The molecule has 1 N–H and O–H groups in total. The molecule has 0 aliphatic carbocycles. The number of nitrogens with one attached hydrogen (secondary N) is 1. The van der Waals surface area contributed by atoms with Gasteiger partial charge in [-0.3, -0.25) is 4.99 Å². The molecule has 150 valence electrons. The number of benzene rings is 2. The van der Waals surface area contributed by atoms with Gasteiger partial charge in [-0.2, -0.15) is 10.4 Å². The Labute approximate surface area is 186 Å². The van der Waals surface area contributed by atoms with Crippen molar-refractivity contribution >= 4 is 29.9 Å². The largest absolute Gasteiger partial charge is 0.352 e. The standard InChI is InChI=1S/C21H21FN6.HI/c1-24-21(25-13-18-9-8-16(11-23)10-20(18)22)27(2)14-17-12-26-28(15-17)19-6-4-3-5-7-19;/h3-10,12,15H,13-14H2,1-2H3,(H,24,25);1H. The van der Waals surface area contributed by atoms with Crippen LogP contribution in [-0.2, 0) is 13.1 Å². The lowest BCUT2D eigenvalue weighted by molar-refractivity contribution is 0.475. The normalized spacial score (nSPS) is 10.8. The molecule has 0 amide bonds. The number of nitrogens with zero attached hydrogens (tertiary/aromatic N) is 5. The van der Waals surface area contributed by atoms with Crippen LogP contribution in [0.2, 0.25) is 0 Å². The van der Waals surface area contributed by atoms with Crippen molar-refractivity contribution in [1.82, 2.24) is 20.0 Å². The van der Waals surface area contributed by atoms with E-state index < -0.39 is 5.82 Å². The second-order valence-corrected chi connectivity index (χ2v) is 6.30. The van der Waals surface area contributed by atoms with E-state index >= 15 is 0 Å². The fraction of sp³-hybridized carbons (Fsp3) is 0.190. The Bertz CT molecular complexity index is 1010. The number of guanidine groups is 1. The van der Waals surface area contributed by atoms with Gasteiger partial charge in [0.25, 0.3) is 0 Å². The van der Waals surface area contributed by atoms with E-state index in [9.17, 15) is 4.39 Å². The first-order chi connectivity index (χ1) is 13.6. The molecule has 3 aromatic rings. The minimum Gasteiger partial charge on any atom is -0.352 e. The number of aromatic nitrogens is 2. The number of para-hydroxylation sites is 1. The van der Waals surface area contributed by atoms with E-state index in [1.54, 1.807) is 19.2 Å². The lowest BCUT2D eigenvalue weighted by Gasteiger charge is -2.21. The molecule has 0 aliphatic rings. The summed E-state index contributed by atoms with van der Waals surface area (Å²) in [6, 6.07) is 16.3. The van der Waals surface area contributed by atoms with E-state index in [2.05, 4.69) is 15.4 Å². The van der Waals surface area contributed by atoms with Gasteiger partial charge in [0.05, 0.1) is 23.5 Å². The molecule has 1 heterocycles. The Morgan fingerprint density at radius 1 is 1.28 bits per heavy atom. The Morgan fingerprint density at radius 3 is 2.69 bits per heavy atom. The van der Waals surface area contributed by atoms with E-state index in [0.29, 0.717) is 23.6 Å². The molecule has 0 fully saturated rings. The maximum atomic E-state index is 14.0. The average molecular weight is 504 g/mol. The minimum atomic E-state index is -0.409. The molecule has 0 saturated heterocycles. The number of halogens is 2. The van der Waals surface area contributed by atoms with Crippen LogP contribution in [0.5, 0.6) is 0 Å². The molecule has 0 spiro atoms. The highest BCUT2D eigenvalue weighted by Crippen LogP contribution is 2.11. The van der Waals surface area contributed by atoms with Crippen LogP contribution in [0.3, 0.4) is 0 Å². The molecule has 0 aliphatic heterocycles. The van der Waals surface area contributed by atoms with Gasteiger partial charge in [-0.05, 0) is 24.3 Å². The highest BCUT2D eigenvalue weighted by Gasteiger charge is 2.10. The molecule has 6 nitrogen and oxygen atoms in total. The Kier molecular flexibility index (Phi) is 8.15. The molecule has 1 aromatic heterocycles. The molecular weight excluding hydrogens is 482 g/mol. The van der Waals surface area contributed by atoms with Crippen LogP contribution < -0.4 is 5.32 Å². The van der Waals surface area contributed by atoms with Gasteiger partial charge in [-0.25, -0.2) is 9.07 Å². The molecule has 29 heavy (non-hydrogen) atoms. The van der Waals surface area contributed by atoms with Crippen LogP contribution in [0.4, 0.5) is 4.39 Å². The molecule has 0 unspecified atom stereocenters. The number of rotatable bonds is 5. The van der Waals surface area contributed by atoms with Crippen LogP contribution in [0.25, 0.3) is 5.69 Å². The number of hydrogen-bond donors (Lipinski definition) is 1. The third-order valence-electron chi connectivity index (χ3n) is 4.27. The van der Waals surface area contributed by atoms with E-state index in [1.165, 1.54) is 6.07 Å². The summed E-state index contributed by atoms with van der Waals surface area (Å²) in [6.07, 6.45) is 3.79. The summed E-state index contributed by atoms with van der Waals surface area (Å²) in [5, 5.41) is 16.4. The monoisotopic (exact) mass is 504 g/mol. The van der Waals surface area contributed by atoms with Crippen molar-refractivity contribution in [2.75, 3.05) is 14.1 Å². The van der Waals surface area contributed by atoms with Crippen molar-refractivity contribution in [3.63, 3.8) is 0 Å². The van der Waals surface area contributed by atoms with Crippen molar-refractivity contribution in [2.24, 2.45) is 4.99 Å². The number of aliphatic imine (C=N–C) groups is 1. The quantitative estimate of drug-likeness (QED) is 0.327. The number of nitriles is 1. The van der Waals surface area contributed by atoms with Gasteiger partial charge in [0.1, 0.15) is 5.82 Å². The summed E-state index contributed by atoms with van der Waals surface area (Å²) in [7, 11) is 3.59. The molecule has 0 atom stereocenters. The highest BCUT2D eigenvalue weighted by molar-refractivity contribution is 14.0. The first-order valence-corrected chi connectivity index (χ1v) is 8.80. The molecule has 0 radical (unpaired) electrons. The summed E-state index contributed by atoms with van der Waals surface area (Å²) >= 11 is 0. The molecule has 2 aromatic carbocycles. The Hall–Kier alpha value is -2.93. The van der Waals surface area contributed by atoms with Crippen LogP contribution >= 0.6 is 24.0 Å². The van der Waals surface area contributed by atoms with Crippen LogP contribution in [0.1, 0.15) is 16.7 Å². The highest BCUT2D eigenvalue weighted by atomic mass is 127. The van der Waals surface area contributed by atoms with E-state index in [1.807, 2.05) is 65.4 Å². The summed E-state index contributed by atoms with van der Waals surface area (Å²) in [5.41, 5.74) is 2.80. The number of hydrogen-bond acceptors (Lipinski definition) is 3. The minimum absolute atomic E-state index is 0. The second-order valence-electron chi connectivity index (χ2n) is 6.30. The van der Waals surface area contributed by atoms with Gasteiger partial charge in [-0.15, -0.1) is 24.0 Å². The molecule has 8 heteroatoms. The zero-order valence-corrected chi connectivity index (χ0v) is 18.5.